The maximum atomic E-state index is 8.96. The van der Waals surface area contributed by atoms with Crippen LogP contribution < -0.4 is 0 Å². The molecule has 0 bridgehead atoms. The molecule has 0 aliphatic heterocycles. The molecule has 3 rings (SSSR count). The molecule has 2 heteroatoms. The van der Waals surface area contributed by atoms with Gasteiger partial charge in [0.15, 0.2) is 0 Å². The van der Waals surface area contributed by atoms with Gasteiger partial charge < -0.3 is 0 Å². The van der Waals surface area contributed by atoms with Crippen molar-refractivity contribution in [3.05, 3.63) is 77.5 Å². The van der Waals surface area contributed by atoms with Gasteiger partial charge in [0.05, 0.1) is 11.8 Å². The molecule has 0 spiro atoms. The molecule has 0 atom stereocenters. The largest absolute Gasteiger partial charge is 0.252 e. The van der Waals surface area contributed by atoms with Gasteiger partial charge in [0.1, 0.15) is 0 Å². The number of rotatable bonds is 4. The molecule has 2 nitrogen and oxygen atoms in total. The Morgan fingerprint density at radius 3 is 1.96 bits per heavy atom. The van der Waals surface area contributed by atoms with Crippen LogP contribution in [-0.2, 0) is 6.42 Å². The lowest BCUT2D eigenvalue weighted by Gasteiger charge is -2.11. The molecule has 0 amide bonds. The van der Waals surface area contributed by atoms with E-state index in [1.807, 2.05) is 0 Å². The summed E-state index contributed by atoms with van der Waals surface area (Å²) in [6.45, 7) is 4.16. The first-order valence-corrected chi connectivity index (χ1v) is 8.18. The highest BCUT2D eigenvalue weighted by Gasteiger charge is 2.09. The van der Waals surface area contributed by atoms with E-state index in [1.165, 1.54) is 11.1 Å². The average molecular weight is 312 g/mol. The second kappa shape index (κ2) is 7.10. The van der Waals surface area contributed by atoms with Gasteiger partial charge in [-0.3, -0.25) is 4.98 Å². The SMILES string of the molecule is Cc1ccc(-c2ccc(-c3ccc(C)cc3)c(CCC#N)n2)cc1. The van der Waals surface area contributed by atoms with E-state index in [1.54, 1.807) is 0 Å². The third-order valence-electron chi connectivity index (χ3n) is 4.16. The molecule has 0 N–H and O–H groups in total. The van der Waals surface area contributed by atoms with Gasteiger partial charge in [-0.2, -0.15) is 5.26 Å². The third kappa shape index (κ3) is 3.52. The van der Waals surface area contributed by atoms with Crippen LogP contribution in [0.4, 0.5) is 0 Å². The lowest BCUT2D eigenvalue weighted by Crippen LogP contribution is -1.97. The van der Waals surface area contributed by atoms with Gasteiger partial charge in [0.2, 0.25) is 0 Å². The Balaban J connectivity index is 2.04. The average Bonchev–Trinajstić information content (AvgIpc) is 2.61. The van der Waals surface area contributed by atoms with Crippen LogP contribution in [0.25, 0.3) is 22.4 Å². The molecule has 3 aromatic rings. The molecule has 0 unspecified atom stereocenters. The minimum absolute atomic E-state index is 0.475. The zero-order chi connectivity index (χ0) is 16.9. The van der Waals surface area contributed by atoms with Crippen LogP contribution in [0.3, 0.4) is 0 Å². The first kappa shape index (κ1) is 16.0. The maximum Gasteiger partial charge on any atom is 0.0705 e. The molecule has 0 saturated carbocycles. The van der Waals surface area contributed by atoms with E-state index >= 15 is 0 Å². The smallest absolute Gasteiger partial charge is 0.0705 e. The van der Waals surface area contributed by atoms with E-state index in [4.69, 9.17) is 10.2 Å². The van der Waals surface area contributed by atoms with Crippen molar-refractivity contribution < 1.29 is 0 Å². The second-order valence-corrected chi connectivity index (χ2v) is 6.08. The Morgan fingerprint density at radius 2 is 1.38 bits per heavy atom. The van der Waals surface area contributed by atoms with Crippen LogP contribution in [0.1, 0.15) is 23.2 Å². The van der Waals surface area contributed by atoms with Crippen molar-refractivity contribution in [1.82, 2.24) is 4.98 Å². The van der Waals surface area contributed by atoms with E-state index in [9.17, 15) is 0 Å². The van der Waals surface area contributed by atoms with Crippen molar-refractivity contribution in [1.29, 1.82) is 5.26 Å². The number of hydrogen-bond acceptors (Lipinski definition) is 2. The summed E-state index contributed by atoms with van der Waals surface area (Å²) in [4.78, 5) is 4.86. The monoisotopic (exact) mass is 312 g/mol. The summed E-state index contributed by atoms with van der Waals surface area (Å²) in [5, 5.41) is 8.96. The van der Waals surface area contributed by atoms with Crippen LogP contribution in [0, 0.1) is 25.2 Å². The Hall–Kier alpha value is -2.92. The minimum Gasteiger partial charge on any atom is -0.252 e. The molecule has 24 heavy (non-hydrogen) atoms. The fraction of sp³-hybridized carbons (Fsp3) is 0.182. The highest BCUT2D eigenvalue weighted by atomic mass is 14.7. The summed E-state index contributed by atoms with van der Waals surface area (Å²) in [6.07, 6.45) is 1.14. The molecule has 1 aromatic heterocycles. The first-order chi connectivity index (χ1) is 11.7. The Bertz CT molecular complexity index is 869. The minimum atomic E-state index is 0.475. The fourth-order valence-corrected chi connectivity index (χ4v) is 2.75. The Morgan fingerprint density at radius 1 is 0.792 bits per heavy atom. The molecular weight excluding hydrogens is 292 g/mol. The lowest BCUT2D eigenvalue weighted by atomic mass is 9.99. The summed E-state index contributed by atoms with van der Waals surface area (Å²) in [7, 11) is 0. The predicted molar refractivity (Wildman–Crippen MR) is 98.5 cm³/mol. The molecule has 2 aromatic carbocycles. The van der Waals surface area contributed by atoms with Crippen LogP contribution in [0.15, 0.2) is 60.7 Å². The van der Waals surface area contributed by atoms with Crippen molar-refractivity contribution in [3.63, 3.8) is 0 Å². The molecule has 0 aliphatic carbocycles. The van der Waals surface area contributed by atoms with Gasteiger partial charge in [-0.1, -0.05) is 65.7 Å². The predicted octanol–water partition coefficient (Wildman–Crippen LogP) is 5.49. The van der Waals surface area contributed by atoms with E-state index in [2.05, 4.69) is 80.6 Å². The quantitative estimate of drug-likeness (QED) is 0.639. The van der Waals surface area contributed by atoms with Crippen LogP contribution in [0.5, 0.6) is 0 Å². The van der Waals surface area contributed by atoms with Crippen molar-refractivity contribution in [2.45, 2.75) is 26.7 Å². The molecule has 0 radical (unpaired) electrons. The standard InChI is InChI=1S/C22H20N2/c1-16-5-9-18(10-6-16)20-13-14-21(24-22(20)4-3-15-23)19-11-7-17(2)8-12-19/h5-14H,3-4H2,1-2H3. The van der Waals surface area contributed by atoms with Crippen LogP contribution in [-0.4, -0.2) is 4.98 Å². The normalized spacial score (nSPS) is 10.4. The van der Waals surface area contributed by atoms with Crippen LogP contribution >= 0.6 is 0 Å². The van der Waals surface area contributed by atoms with E-state index < -0.39 is 0 Å². The van der Waals surface area contributed by atoms with Gasteiger partial charge in [-0.25, -0.2) is 0 Å². The number of nitriles is 1. The van der Waals surface area contributed by atoms with Gasteiger partial charge in [-0.15, -0.1) is 0 Å². The molecule has 118 valence electrons. The molecule has 0 saturated heterocycles. The zero-order valence-corrected chi connectivity index (χ0v) is 14.1. The van der Waals surface area contributed by atoms with E-state index in [-0.39, 0.29) is 0 Å². The summed E-state index contributed by atoms with van der Waals surface area (Å²) in [5.41, 5.74) is 7.78. The fourth-order valence-electron chi connectivity index (χ4n) is 2.75. The highest BCUT2D eigenvalue weighted by molar-refractivity contribution is 5.70. The number of nitrogens with zero attached hydrogens (tertiary/aromatic N) is 2. The number of aromatic nitrogens is 1. The second-order valence-electron chi connectivity index (χ2n) is 6.08. The molecular formula is C22H20N2. The van der Waals surface area contributed by atoms with E-state index in [0.717, 1.165) is 28.1 Å². The molecule has 0 aliphatic rings. The summed E-state index contributed by atoms with van der Waals surface area (Å²) >= 11 is 0. The number of pyridine rings is 1. The Labute approximate surface area is 143 Å². The number of aryl methyl sites for hydroxylation is 3. The lowest BCUT2D eigenvalue weighted by molar-refractivity contribution is 0.957. The van der Waals surface area contributed by atoms with Crippen molar-refractivity contribution in [3.8, 4) is 28.5 Å². The van der Waals surface area contributed by atoms with Gasteiger partial charge >= 0.3 is 0 Å². The summed E-state index contributed by atoms with van der Waals surface area (Å²) < 4.78 is 0. The summed E-state index contributed by atoms with van der Waals surface area (Å²) in [5.74, 6) is 0. The maximum absolute atomic E-state index is 8.96. The molecule has 0 fully saturated rings. The first-order valence-electron chi connectivity index (χ1n) is 8.18. The number of benzene rings is 2. The van der Waals surface area contributed by atoms with Crippen molar-refractivity contribution in [2.24, 2.45) is 0 Å². The topological polar surface area (TPSA) is 36.7 Å². The van der Waals surface area contributed by atoms with Crippen LogP contribution in [0.2, 0.25) is 0 Å². The Kier molecular flexibility index (Phi) is 4.72. The third-order valence-corrected chi connectivity index (χ3v) is 4.16. The molecule has 1 heterocycles. The summed E-state index contributed by atoms with van der Waals surface area (Å²) in [6, 6.07) is 23.3. The van der Waals surface area contributed by atoms with E-state index in [0.29, 0.717) is 12.8 Å². The number of hydrogen-bond donors (Lipinski definition) is 0. The zero-order valence-electron chi connectivity index (χ0n) is 14.1. The van der Waals surface area contributed by atoms with Gasteiger partial charge in [0.25, 0.3) is 0 Å². The van der Waals surface area contributed by atoms with Gasteiger partial charge in [-0.05, 0) is 25.5 Å². The van der Waals surface area contributed by atoms with Gasteiger partial charge in [0, 0.05) is 29.7 Å². The highest BCUT2D eigenvalue weighted by Crippen LogP contribution is 2.27. The van der Waals surface area contributed by atoms with Crippen molar-refractivity contribution >= 4 is 0 Å². The van der Waals surface area contributed by atoms with Crippen molar-refractivity contribution in [2.75, 3.05) is 0 Å².